The molecule has 0 fully saturated rings. The Hall–Kier alpha value is -2.17. The van der Waals surface area contributed by atoms with Gasteiger partial charge in [0, 0.05) is 16.7 Å². The molecule has 2 aromatic rings. The van der Waals surface area contributed by atoms with Crippen LogP contribution in [0.4, 0.5) is 5.69 Å². The van der Waals surface area contributed by atoms with Gasteiger partial charge in [0.25, 0.3) is 0 Å². The zero-order valence-electron chi connectivity index (χ0n) is 16.5. The number of rotatable bonds is 1. The van der Waals surface area contributed by atoms with Crippen molar-refractivity contribution >= 4 is 39.1 Å². The van der Waals surface area contributed by atoms with Crippen LogP contribution in [0.1, 0.15) is 39.5 Å². The average molecular weight is 406 g/mol. The van der Waals surface area contributed by atoms with Crippen LogP contribution in [-0.4, -0.2) is 15.5 Å². The number of benzene rings is 2. The minimum atomic E-state index is -0.144. The second-order valence-corrected chi connectivity index (χ2v) is 9.39. The zero-order valence-corrected chi connectivity index (χ0v) is 18.2. The third kappa shape index (κ3) is 2.96. The summed E-state index contributed by atoms with van der Waals surface area (Å²) in [4.78, 5) is 15.3. The molecule has 4 heteroatoms. The third-order valence-electron chi connectivity index (χ3n) is 5.74. The molecule has 2 aliphatic rings. The molecule has 0 amide bonds. The van der Waals surface area contributed by atoms with Crippen molar-refractivity contribution < 1.29 is 4.79 Å². The van der Waals surface area contributed by atoms with Crippen LogP contribution in [0.2, 0.25) is 0 Å². The van der Waals surface area contributed by atoms with Gasteiger partial charge in [0.2, 0.25) is 5.12 Å². The van der Waals surface area contributed by atoms with Crippen molar-refractivity contribution in [3.8, 4) is 0 Å². The van der Waals surface area contributed by atoms with Crippen LogP contribution in [0.25, 0.3) is 0 Å². The highest BCUT2D eigenvalue weighted by Gasteiger charge is 2.47. The van der Waals surface area contributed by atoms with Crippen LogP contribution < -0.4 is 4.90 Å². The van der Waals surface area contributed by atoms with Crippen LogP contribution >= 0.6 is 24.0 Å². The van der Waals surface area contributed by atoms with E-state index in [0.29, 0.717) is 4.32 Å². The minimum Gasteiger partial charge on any atom is -0.318 e. The molecule has 2 unspecified atom stereocenters. The number of allylic oxidation sites excluding steroid dienone is 2. The summed E-state index contributed by atoms with van der Waals surface area (Å²) in [5.41, 5.74) is 6.14. The number of thioether (sulfide) groups is 1. The zero-order chi connectivity index (χ0) is 20.1. The van der Waals surface area contributed by atoms with Gasteiger partial charge in [0.15, 0.2) is 0 Å². The summed E-state index contributed by atoms with van der Waals surface area (Å²) in [6.07, 6.45) is 8.57. The first-order valence-corrected chi connectivity index (χ1v) is 10.6. The Labute approximate surface area is 176 Å². The van der Waals surface area contributed by atoms with Crippen molar-refractivity contribution in [2.45, 2.75) is 39.2 Å². The van der Waals surface area contributed by atoms with Gasteiger partial charge in [0.1, 0.15) is 4.32 Å². The van der Waals surface area contributed by atoms with Gasteiger partial charge in [-0.15, -0.1) is 0 Å². The number of anilines is 1. The van der Waals surface area contributed by atoms with E-state index < -0.39 is 0 Å². The van der Waals surface area contributed by atoms with Gasteiger partial charge in [0.05, 0.1) is 6.04 Å². The summed E-state index contributed by atoms with van der Waals surface area (Å²) in [5, 5.41) is 0.0152. The van der Waals surface area contributed by atoms with Crippen molar-refractivity contribution in [1.82, 2.24) is 0 Å². The summed E-state index contributed by atoms with van der Waals surface area (Å²) < 4.78 is 0.602. The Morgan fingerprint density at radius 1 is 1.11 bits per heavy atom. The molecule has 2 atom stereocenters. The molecule has 0 bridgehead atoms. The Balaban J connectivity index is 1.68. The number of aryl methyl sites for hydroxylation is 3. The van der Waals surface area contributed by atoms with E-state index in [1.165, 1.54) is 11.1 Å². The van der Waals surface area contributed by atoms with E-state index in [2.05, 4.69) is 73.4 Å². The SMILES string of the molecule is Cc1cc(C)c(C(=O)SC(=S)N2c3ccccc3C3(C)C=CC=CC23)c(C)c1. The first-order valence-electron chi connectivity index (χ1n) is 9.41. The molecule has 1 aliphatic carbocycles. The van der Waals surface area contributed by atoms with Crippen molar-refractivity contribution in [1.29, 1.82) is 0 Å². The normalized spacial score (nSPS) is 22.1. The number of hydrogen-bond donors (Lipinski definition) is 0. The second-order valence-electron chi connectivity index (χ2n) is 7.79. The smallest absolute Gasteiger partial charge is 0.226 e. The van der Waals surface area contributed by atoms with Crippen LogP contribution in [0.15, 0.2) is 60.7 Å². The Morgan fingerprint density at radius 2 is 1.79 bits per heavy atom. The van der Waals surface area contributed by atoms with E-state index in [-0.39, 0.29) is 16.6 Å². The Kier molecular flexibility index (Phi) is 4.80. The number of para-hydroxylation sites is 1. The summed E-state index contributed by atoms with van der Waals surface area (Å²) >= 11 is 6.97. The van der Waals surface area contributed by atoms with Crippen molar-refractivity contribution in [3.63, 3.8) is 0 Å². The van der Waals surface area contributed by atoms with Gasteiger partial charge in [-0.1, -0.05) is 72.4 Å². The molecule has 1 aliphatic heterocycles. The first kappa shape index (κ1) is 19.2. The van der Waals surface area contributed by atoms with E-state index >= 15 is 0 Å². The lowest BCUT2D eigenvalue weighted by molar-refractivity contribution is 0.108. The largest absolute Gasteiger partial charge is 0.318 e. The quantitative estimate of drug-likeness (QED) is 0.539. The fraction of sp³-hybridized carbons (Fsp3) is 0.250. The molecule has 0 spiro atoms. The predicted molar refractivity (Wildman–Crippen MR) is 124 cm³/mol. The summed E-state index contributed by atoms with van der Waals surface area (Å²) in [7, 11) is 0. The van der Waals surface area contributed by atoms with Crippen LogP contribution in [0, 0.1) is 20.8 Å². The molecule has 142 valence electrons. The fourth-order valence-electron chi connectivity index (χ4n) is 4.51. The molecule has 2 nitrogen and oxygen atoms in total. The maximum atomic E-state index is 13.1. The lowest BCUT2D eigenvalue weighted by atomic mass is 9.76. The van der Waals surface area contributed by atoms with Crippen LogP contribution in [0.3, 0.4) is 0 Å². The number of thiocarbonyl (C=S) groups is 1. The lowest BCUT2D eigenvalue weighted by Crippen LogP contribution is -2.43. The van der Waals surface area contributed by atoms with E-state index in [0.717, 1.165) is 34.1 Å². The molecule has 0 saturated carbocycles. The first-order chi connectivity index (χ1) is 13.3. The van der Waals surface area contributed by atoms with E-state index in [4.69, 9.17) is 12.2 Å². The highest BCUT2D eigenvalue weighted by Crippen LogP contribution is 2.49. The Morgan fingerprint density at radius 3 is 2.50 bits per heavy atom. The molecular weight excluding hydrogens is 382 g/mol. The van der Waals surface area contributed by atoms with Crippen molar-refractivity contribution in [2.75, 3.05) is 4.90 Å². The predicted octanol–water partition coefficient (Wildman–Crippen LogP) is 6.04. The molecule has 28 heavy (non-hydrogen) atoms. The molecule has 0 saturated heterocycles. The monoisotopic (exact) mass is 405 g/mol. The van der Waals surface area contributed by atoms with Crippen molar-refractivity contribution in [3.05, 3.63) is 88.5 Å². The molecule has 1 heterocycles. The van der Waals surface area contributed by atoms with E-state index in [1.807, 2.05) is 19.9 Å². The standard InChI is InChI=1S/C24H23NOS2/c1-15-13-16(2)21(17(3)14-15)22(26)28-23(27)25-19-10-6-5-9-18(19)24(4)12-8-7-11-20(24)25/h5-14,20H,1-4H3. The molecule has 4 rings (SSSR count). The highest BCUT2D eigenvalue weighted by molar-refractivity contribution is 8.33. The summed E-state index contributed by atoms with van der Waals surface area (Å²) in [6.45, 7) is 8.28. The number of fused-ring (bicyclic) bond motifs is 3. The van der Waals surface area contributed by atoms with Crippen LogP contribution in [0.5, 0.6) is 0 Å². The maximum absolute atomic E-state index is 13.1. The lowest BCUT2D eigenvalue weighted by Gasteiger charge is -2.34. The molecule has 2 aromatic carbocycles. The molecule has 0 radical (unpaired) electrons. The number of hydrogen-bond acceptors (Lipinski definition) is 3. The van der Waals surface area contributed by atoms with Crippen LogP contribution in [-0.2, 0) is 5.41 Å². The number of nitrogens with zero attached hydrogens (tertiary/aromatic N) is 1. The van der Waals surface area contributed by atoms with E-state index in [9.17, 15) is 4.79 Å². The van der Waals surface area contributed by atoms with Gasteiger partial charge in [-0.05, 0) is 62.2 Å². The third-order valence-corrected chi connectivity index (χ3v) is 6.95. The second kappa shape index (κ2) is 7.02. The topological polar surface area (TPSA) is 20.3 Å². The highest BCUT2D eigenvalue weighted by atomic mass is 32.2. The van der Waals surface area contributed by atoms with Gasteiger partial charge >= 0.3 is 0 Å². The Bertz CT molecular complexity index is 1030. The number of carbonyl (C=O) groups is 1. The summed E-state index contributed by atoms with van der Waals surface area (Å²) in [6, 6.07) is 12.6. The van der Waals surface area contributed by atoms with Gasteiger partial charge in [-0.3, -0.25) is 4.79 Å². The van der Waals surface area contributed by atoms with Gasteiger partial charge in [-0.25, -0.2) is 0 Å². The fourth-order valence-corrected chi connectivity index (χ4v) is 5.84. The molecule has 0 N–H and O–H groups in total. The van der Waals surface area contributed by atoms with Gasteiger partial charge < -0.3 is 4.90 Å². The van der Waals surface area contributed by atoms with Gasteiger partial charge in [-0.2, -0.15) is 0 Å². The van der Waals surface area contributed by atoms with Crippen molar-refractivity contribution in [2.24, 2.45) is 0 Å². The molecular formula is C24H23NOS2. The minimum absolute atomic E-state index is 0.0152. The summed E-state index contributed by atoms with van der Waals surface area (Å²) in [5.74, 6) is 0. The molecule has 0 aromatic heterocycles. The maximum Gasteiger partial charge on any atom is 0.226 e. The number of carbonyl (C=O) groups excluding carboxylic acids is 1. The average Bonchev–Trinajstić information content (AvgIpc) is 2.90. The van der Waals surface area contributed by atoms with E-state index in [1.54, 1.807) is 0 Å².